The van der Waals surface area contributed by atoms with Crippen LogP contribution in [0.4, 0.5) is 17.8 Å². The zero-order valence-electron chi connectivity index (χ0n) is 11.3. The van der Waals surface area contributed by atoms with E-state index in [1.54, 1.807) is 0 Å². The van der Waals surface area contributed by atoms with E-state index in [0.717, 1.165) is 25.9 Å². The van der Waals surface area contributed by atoms with Crippen molar-refractivity contribution in [1.29, 1.82) is 0 Å². The van der Waals surface area contributed by atoms with E-state index in [0.29, 0.717) is 5.95 Å². The summed E-state index contributed by atoms with van der Waals surface area (Å²) in [6, 6.07) is 2.60. The van der Waals surface area contributed by atoms with E-state index in [9.17, 15) is 10.1 Å². The standard InChI is InChI=1S/C11H10N8O3/c12-17-16-10-13-9(7-3-4-8(22-7)19(20)21)14-11(15-10)18-5-1-2-6-18/h3-4H,1-2,5-6H2. The molecule has 3 heterocycles. The summed E-state index contributed by atoms with van der Waals surface area (Å²) >= 11 is 0. The first-order valence-electron chi connectivity index (χ1n) is 6.48. The number of nitrogens with zero attached hydrogens (tertiary/aromatic N) is 8. The molecule has 0 unspecified atom stereocenters. The Morgan fingerprint density at radius 2 is 2.09 bits per heavy atom. The van der Waals surface area contributed by atoms with Crippen LogP contribution in [-0.4, -0.2) is 33.0 Å². The summed E-state index contributed by atoms with van der Waals surface area (Å²) in [7, 11) is 0. The van der Waals surface area contributed by atoms with Crippen LogP contribution in [0.3, 0.4) is 0 Å². The highest BCUT2D eigenvalue weighted by atomic mass is 16.6. The third-order valence-electron chi connectivity index (χ3n) is 3.13. The molecule has 1 fully saturated rings. The molecule has 0 aromatic carbocycles. The van der Waals surface area contributed by atoms with Crippen molar-refractivity contribution in [1.82, 2.24) is 15.0 Å². The average molecular weight is 302 g/mol. The van der Waals surface area contributed by atoms with Gasteiger partial charge >= 0.3 is 5.88 Å². The molecule has 3 rings (SSSR count). The molecule has 0 N–H and O–H groups in total. The molecule has 2 aromatic rings. The van der Waals surface area contributed by atoms with Gasteiger partial charge in [0.15, 0.2) is 5.76 Å². The van der Waals surface area contributed by atoms with Crippen molar-refractivity contribution >= 4 is 17.8 Å². The van der Waals surface area contributed by atoms with Crippen molar-refractivity contribution in [2.24, 2.45) is 5.11 Å². The number of hydrogen-bond acceptors (Lipinski definition) is 8. The third-order valence-corrected chi connectivity index (χ3v) is 3.13. The molecule has 22 heavy (non-hydrogen) atoms. The number of aromatic nitrogens is 3. The minimum Gasteiger partial charge on any atom is -0.397 e. The number of furan rings is 1. The lowest BCUT2D eigenvalue weighted by Crippen LogP contribution is -2.20. The van der Waals surface area contributed by atoms with E-state index in [1.165, 1.54) is 12.1 Å². The summed E-state index contributed by atoms with van der Waals surface area (Å²) in [6.07, 6.45) is 2.04. The highest BCUT2D eigenvalue weighted by Crippen LogP contribution is 2.27. The predicted octanol–water partition coefficient (Wildman–Crippen LogP) is 2.58. The van der Waals surface area contributed by atoms with Gasteiger partial charge in [-0.25, -0.2) is 4.98 Å². The van der Waals surface area contributed by atoms with Gasteiger partial charge in [-0.2, -0.15) is 9.97 Å². The second-order valence-corrected chi connectivity index (χ2v) is 4.54. The summed E-state index contributed by atoms with van der Waals surface area (Å²) in [4.78, 5) is 26.9. The minimum atomic E-state index is -0.652. The fourth-order valence-electron chi connectivity index (χ4n) is 2.15. The molecular formula is C11H10N8O3. The van der Waals surface area contributed by atoms with Gasteiger partial charge in [-0.05, 0) is 29.6 Å². The minimum absolute atomic E-state index is 0.0902. The van der Waals surface area contributed by atoms with Gasteiger partial charge in [-0.1, -0.05) is 0 Å². The van der Waals surface area contributed by atoms with E-state index in [4.69, 9.17) is 9.95 Å². The van der Waals surface area contributed by atoms with Crippen molar-refractivity contribution in [3.63, 3.8) is 0 Å². The second kappa shape index (κ2) is 5.66. The quantitative estimate of drug-likeness (QED) is 0.277. The number of hydrogen-bond donors (Lipinski definition) is 0. The van der Waals surface area contributed by atoms with Crippen LogP contribution in [0.2, 0.25) is 0 Å². The Morgan fingerprint density at radius 1 is 1.32 bits per heavy atom. The summed E-state index contributed by atoms with van der Waals surface area (Å²) in [6.45, 7) is 1.58. The van der Waals surface area contributed by atoms with Crippen molar-refractivity contribution < 1.29 is 9.34 Å². The number of rotatable bonds is 4. The highest BCUT2D eigenvalue weighted by Gasteiger charge is 2.20. The van der Waals surface area contributed by atoms with Gasteiger partial charge in [-0.3, -0.25) is 10.1 Å². The molecule has 0 amide bonds. The molecule has 1 aliphatic heterocycles. The maximum Gasteiger partial charge on any atom is 0.433 e. The lowest BCUT2D eigenvalue weighted by Gasteiger charge is -2.15. The maximum atomic E-state index is 10.7. The lowest BCUT2D eigenvalue weighted by atomic mass is 10.4. The lowest BCUT2D eigenvalue weighted by molar-refractivity contribution is -0.401. The van der Waals surface area contributed by atoms with E-state index in [-0.39, 0.29) is 17.5 Å². The molecule has 1 aliphatic rings. The molecule has 0 radical (unpaired) electrons. The summed E-state index contributed by atoms with van der Waals surface area (Å²) in [5, 5.41) is 14.1. The van der Waals surface area contributed by atoms with Crippen LogP contribution in [0.5, 0.6) is 0 Å². The molecule has 1 saturated heterocycles. The van der Waals surface area contributed by atoms with Crippen LogP contribution in [0.1, 0.15) is 12.8 Å². The molecule has 11 nitrogen and oxygen atoms in total. The SMILES string of the molecule is [N-]=[N+]=Nc1nc(-c2ccc([N+](=O)[O-])o2)nc(N2CCCC2)n1. The first kappa shape index (κ1) is 13.8. The van der Waals surface area contributed by atoms with Crippen LogP contribution >= 0.6 is 0 Å². The van der Waals surface area contributed by atoms with Crippen molar-refractivity contribution in [3.05, 3.63) is 32.7 Å². The fourth-order valence-corrected chi connectivity index (χ4v) is 2.15. The molecule has 0 bridgehead atoms. The fraction of sp³-hybridized carbons (Fsp3) is 0.364. The topological polar surface area (TPSA) is 147 Å². The van der Waals surface area contributed by atoms with Crippen molar-refractivity contribution in [2.75, 3.05) is 18.0 Å². The molecule has 0 aliphatic carbocycles. The number of azide groups is 1. The van der Waals surface area contributed by atoms with Gasteiger partial charge in [0, 0.05) is 18.0 Å². The predicted molar refractivity (Wildman–Crippen MR) is 74.4 cm³/mol. The van der Waals surface area contributed by atoms with Crippen LogP contribution in [-0.2, 0) is 0 Å². The maximum absolute atomic E-state index is 10.7. The first-order valence-corrected chi connectivity index (χ1v) is 6.48. The summed E-state index contributed by atoms with van der Waals surface area (Å²) in [5.41, 5.74) is 8.55. The van der Waals surface area contributed by atoms with Gasteiger partial charge in [-0.15, -0.1) is 0 Å². The van der Waals surface area contributed by atoms with Crippen molar-refractivity contribution in [3.8, 4) is 11.6 Å². The Kier molecular flexibility index (Phi) is 3.54. The number of nitro groups is 1. The molecule has 11 heteroatoms. The Balaban J connectivity index is 2.04. The second-order valence-electron chi connectivity index (χ2n) is 4.54. The smallest absolute Gasteiger partial charge is 0.397 e. The van der Waals surface area contributed by atoms with Gasteiger partial charge in [0.25, 0.3) is 0 Å². The van der Waals surface area contributed by atoms with Gasteiger partial charge in [0.2, 0.25) is 17.7 Å². The molecule has 0 atom stereocenters. The van der Waals surface area contributed by atoms with Gasteiger partial charge in [0.1, 0.15) is 4.92 Å². The Morgan fingerprint density at radius 3 is 2.73 bits per heavy atom. The third kappa shape index (κ3) is 2.65. The van der Waals surface area contributed by atoms with Crippen LogP contribution in [0, 0.1) is 10.1 Å². The zero-order valence-corrected chi connectivity index (χ0v) is 11.3. The molecular weight excluding hydrogens is 292 g/mol. The molecule has 2 aromatic heterocycles. The molecule has 112 valence electrons. The summed E-state index contributed by atoms with van der Waals surface area (Å²) < 4.78 is 5.08. The van der Waals surface area contributed by atoms with Crippen LogP contribution < -0.4 is 4.90 Å². The normalized spacial score (nSPS) is 13.9. The van der Waals surface area contributed by atoms with Crippen molar-refractivity contribution in [2.45, 2.75) is 12.8 Å². The van der Waals surface area contributed by atoms with Gasteiger partial charge in [0.05, 0.1) is 6.07 Å². The van der Waals surface area contributed by atoms with Crippen LogP contribution in [0.25, 0.3) is 22.0 Å². The highest BCUT2D eigenvalue weighted by molar-refractivity contribution is 5.53. The van der Waals surface area contributed by atoms with E-state index >= 15 is 0 Å². The van der Waals surface area contributed by atoms with Crippen LogP contribution in [0.15, 0.2) is 21.7 Å². The molecule has 0 spiro atoms. The Hall–Kier alpha value is -3.20. The Labute approximate surface area is 123 Å². The van der Waals surface area contributed by atoms with Gasteiger partial charge < -0.3 is 9.32 Å². The molecule has 0 saturated carbocycles. The zero-order chi connectivity index (χ0) is 15.5. The van der Waals surface area contributed by atoms with E-state index in [2.05, 4.69) is 25.0 Å². The first-order chi connectivity index (χ1) is 10.7. The number of anilines is 1. The summed E-state index contributed by atoms with van der Waals surface area (Å²) in [5.74, 6) is 0.0530. The average Bonchev–Trinajstić information content (AvgIpc) is 3.19. The van der Waals surface area contributed by atoms with E-state index in [1.807, 2.05) is 4.90 Å². The monoisotopic (exact) mass is 302 g/mol. The largest absolute Gasteiger partial charge is 0.433 e. The van der Waals surface area contributed by atoms with E-state index < -0.39 is 10.8 Å². The Bertz CT molecular complexity index is 760.